The number of imidazole rings is 1. The molecule has 5 nitrogen and oxygen atoms in total. The molecule has 0 N–H and O–H groups in total. The zero-order valence-corrected chi connectivity index (χ0v) is 7.85. The smallest absolute Gasteiger partial charge is 0.212 e. The highest BCUT2D eigenvalue weighted by Crippen LogP contribution is 2.16. The fourth-order valence-electron chi connectivity index (χ4n) is 1.19. The van der Waals surface area contributed by atoms with Gasteiger partial charge in [-0.25, -0.2) is 9.50 Å². The highest BCUT2D eigenvalue weighted by atomic mass is 32.1. The first kappa shape index (κ1) is 7.57. The van der Waals surface area contributed by atoms with Crippen molar-refractivity contribution in [1.82, 2.24) is 24.6 Å². The van der Waals surface area contributed by atoms with Gasteiger partial charge in [-0.15, -0.1) is 0 Å². The van der Waals surface area contributed by atoms with E-state index in [-0.39, 0.29) is 0 Å². The van der Waals surface area contributed by atoms with Crippen molar-refractivity contribution >= 4 is 16.3 Å². The third kappa shape index (κ3) is 1.08. The second kappa shape index (κ2) is 2.85. The Morgan fingerprint density at radius 3 is 3.00 bits per heavy atom. The molecule has 0 aliphatic rings. The quantitative estimate of drug-likeness (QED) is 0.597. The molecule has 3 aromatic heterocycles. The average molecular weight is 203 g/mol. The van der Waals surface area contributed by atoms with Crippen molar-refractivity contribution in [3.63, 3.8) is 0 Å². The Bertz CT molecular complexity index is 527. The Kier molecular flexibility index (Phi) is 1.54. The van der Waals surface area contributed by atoms with Gasteiger partial charge in [-0.05, 0) is 0 Å². The number of hydrogen-bond acceptors (Lipinski definition) is 5. The number of fused-ring (bicyclic) bond motifs is 1. The average Bonchev–Trinajstić information content (AvgIpc) is 2.78. The summed E-state index contributed by atoms with van der Waals surface area (Å²) < 4.78 is 1.73. The zero-order chi connectivity index (χ0) is 9.38. The van der Waals surface area contributed by atoms with E-state index in [9.17, 15) is 0 Å². The first-order valence-electron chi connectivity index (χ1n) is 3.99. The summed E-state index contributed by atoms with van der Waals surface area (Å²) in [6, 6.07) is 0. The highest BCUT2D eigenvalue weighted by Gasteiger charge is 2.06. The van der Waals surface area contributed by atoms with Crippen molar-refractivity contribution in [1.29, 1.82) is 0 Å². The molecule has 0 bridgehead atoms. The molecule has 3 heterocycles. The number of nitrogens with zero attached hydrogens (tertiary/aromatic N) is 5. The fourth-order valence-corrected chi connectivity index (χ4v) is 1.80. The van der Waals surface area contributed by atoms with Gasteiger partial charge in [0.05, 0.1) is 12.4 Å². The minimum Gasteiger partial charge on any atom is -0.261 e. The van der Waals surface area contributed by atoms with Crippen molar-refractivity contribution in [2.45, 2.75) is 0 Å². The summed E-state index contributed by atoms with van der Waals surface area (Å²) in [5.74, 6) is 0. The van der Waals surface area contributed by atoms with E-state index in [2.05, 4.69) is 20.1 Å². The monoisotopic (exact) mass is 203 g/mol. The predicted molar refractivity (Wildman–Crippen MR) is 51.9 cm³/mol. The van der Waals surface area contributed by atoms with E-state index in [1.807, 2.05) is 6.20 Å². The molecular weight excluding hydrogens is 198 g/mol. The van der Waals surface area contributed by atoms with Gasteiger partial charge < -0.3 is 0 Å². The summed E-state index contributed by atoms with van der Waals surface area (Å²) in [7, 11) is 0. The molecule has 68 valence electrons. The van der Waals surface area contributed by atoms with Crippen LogP contribution in [0.15, 0.2) is 30.3 Å². The van der Waals surface area contributed by atoms with Crippen molar-refractivity contribution in [3.8, 4) is 11.4 Å². The van der Waals surface area contributed by atoms with Crippen LogP contribution in [0.5, 0.6) is 0 Å². The third-order valence-corrected chi connectivity index (χ3v) is 2.50. The molecule has 0 aliphatic heterocycles. The van der Waals surface area contributed by atoms with Crippen molar-refractivity contribution in [2.75, 3.05) is 0 Å². The van der Waals surface area contributed by atoms with Crippen LogP contribution >= 0.6 is 11.3 Å². The van der Waals surface area contributed by atoms with Crippen LogP contribution in [0.4, 0.5) is 0 Å². The molecule has 14 heavy (non-hydrogen) atoms. The topological polar surface area (TPSA) is 56.0 Å². The molecule has 6 heteroatoms. The molecule has 0 atom stereocenters. The molecule has 0 fully saturated rings. The maximum Gasteiger partial charge on any atom is 0.212 e. The normalized spacial score (nSPS) is 10.9. The standard InChI is InChI=1S/C8H5N5S/c1-2-10-6(3-9-1)7-4-13-8(12-7)14-5-11-13/h1-5H. The molecule has 0 aliphatic carbocycles. The minimum absolute atomic E-state index is 0.769. The molecule has 0 radical (unpaired) electrons. The summed E-state index contributed by atoms with van der Waals surface area (Å²) >= 11 is 1.50. The molecule has 0 saturated carbocycles. The van der Waals surface area contributed by atoms with E-state index in [1.165, 1.54) is 11.3 Å². The number of aromatic nitrogens is 5. The van der Waals surface area contributed by atoms with Crippen molar-refractivity contribution in [3.05, 3.63) is 30.3 Å². The molecular formula is C8H5N5S. The van der Waals surface area contributed by atoms with Gasteiger partial charge in [-0.2, -0.15) is 5.10 Å². The lowest BCUT2D eigenvalue weighted by atomic mass is 10.3. The largest absolute Gasteiger partial charge is 0.261 e. The van der Waals surface area contributed by atoms with Gasteiger partial charge in [0.15, 0.2) is 0 Å². The highest BCUT2D eigenvalue weighted by molar-refractivity contribution is 7.14. The van der Waals surface area contributed by atoms with E-state index in [1.54, 1.807) is 28.6 Å². The molecule has 0 saturated heterocycles. The second-order valence-corrected chi connectivity index (χ2v) is 3.49. The summed E-state index contributed by atoms with van der Waals surface area (Å²) in [5.41, 5.74) is 3.32. The lowest BCUT2D eigenvalue weighted by Gasteiger charge is -1.90. The lowest BCUT2D eigenvalue weighted by molar-refractivity contribution is 0.973. The van der Waals surface area contributed by atoms with Gasteiger partial charge in [0.25, 0.3) is 0 Å². The Morgan fingerprint density at radius 1 is 1.21 bits per heavy atom. The maximum absolute atomic E-state index is 4.36. The van der Waals surface area contributed by atoms with E-state index in [4.69, 9.17) is 0 Å². The Morgan fingerprint density at radius 2 is 2.21 bits per heavy atom. The van der Waals surface area contributed by atoms with Gasteiger partial charge in [0.2, 0.25) is 4.96 Å². The number of hydrogen-bond donors (Lipinski definition) is 0. The summed E-state index contributed by atoms with van der Waals surface area (Å²) in [6.07, 6.45) is 6.82. The van der Waals surface area contributed by atoms with Crippen LogP contribution in [0.3, 0.4) is 0 Å². The van der Waals surface area contributed by atoms with Crippen LogP contribution in [-0.2, 0) is 0 Å². The Balaban J connectivity index is 2.19. The van der Waals surface area contributed by atoms with E-state index in [0.29, 0.717) is 0 Å². The summed E-state index contributed by atoms with van der Waals surface area (Å²) in [5, 5.41) is 4.09. The SMILES string of the molecule is c1cnc(-c2cn3ncsc3n2)cn1. The first-order chi connectivity index (χ1) is 6.93. The molecule has 0 aromatic carbocycles. The summed E-state index contributed by atoms with van der Waals surface area (Å²) in [6.45, 7) is 0. The predicted octanol–water partition coefficient (Wildman–Crippen LogP) is 1.25. The van der Waals surface area contributed by atoms with Crippen molar-refractivity contribution in [2.24, 2.45) is 0 Å². The fraction of sp³-hybridized carbons (Fsp3) is 0. The van der Waals surface area contributed by atoms with E-state index >= 15 is 0 Å². The summed E-state index contributed by atoms with van der Waals surface area (Å²) in [4.78, 5) is 13.4. The molecule has 0 spiro atoms. The van der Waals surface area contributed by atoms with Crippen LogP contribution in [0.1, 0.15) is 0 Å². The molecule has 3 rings (SSSR count). The Labute approximate surface area is 83.1 Å². The van der Waals surface area contributed by atoms with Gasteiger partial charge in [0.1, 0.15) is 16.9 Å². The van der Waals surface area contributed by atoms with Gasteiger partial charge in [-0.1, -0.05) is 11.3 Å². The Hall–Kier alpha value is -1.82. The van der Waals surface area contributed by atoms with Gasteiger partial charge >= 0.3 is 0 Å². The number of rotatable bonds is 1. The lowest BCUT2D eigenvalue weighted by Crippen LogP contribution is -1.83. The van der Waals surface area contributed by atoms with Gasteiger partial charge in [-0.3, -0.25) is 9.97 Å². The van der Waals surface area contributed by atoms with Crippen LogP contribution in [0, 0.1) is 0 Å². The van der Waals surface area contributed by atoms with Crippen molar-refractivity contribution < 1.29 is 0 Å². The third-order valence-electron chi connectivity index (χ3n) is 1.81. The second-order valence-electron chi connectivity index (χ2n) is 2.68. The molecule has 3 aromatic rings. The molecule has 0 amide bonds. The van der Waals surface area contributed by atoms with Crippen LogP contribution in [-0.4, -0.2) is 24.6 Å². The minimum atomic E-state index is 0.769. The maximum atomic E-state index is 4.36. The van der Waals surface area contributed by atoms with Crippen LogP contribution < -0.4 is 0 Å². The zero-order valence-electron chi connectivity index (χ0n) is 7.03. The van der Waals surface area contributed by atoms with Crippen LogP contribution in [0.25, 0.3) is 16.3 Å². The van der Waals surface area contributed by atoms with E-state index in [0.717, 1.165) is 16.3 Å². The molecule has 0 unspecified atom stereocenters. The van der Waals surface area contributed by atoms with E-state index < -0.39 is 0 Å². The first-order valence-corrected chi connectivity index (χ1v) is 4.87. The van der Waals surface area contributed by atoms with Crippen LogP contribution in [0.2, 0.25) is 0 Å². The van der Waals surface area contributed by atoms with Gasteiger partial charge in [0, 0.05) is 12.4 Å².